The molecule has 0 N–H and O–H groups in total. The molecule has 4 heteroatoms. The van der Waals surface area contributed by atoms with Crippen molar-refractivity contribution in [2.75, 3.05) is 0 Å². The highest BCUT2D eigenvalue weighted by molar-refractivity contribution is 6.18. The largest absolute Gasteiger partial charge is 0.265 e. The molecule has 0 saturated carbocycles. The van der Waals surface area contributed by atoms with Crippen molar-refractivity contribution in [2.45, 2.75) is 0 Å². The zero-order valence-corrected chi connectivity index (χ0v) is 56.9. The van der Waals surface area contributed by atoms with E-state index < -0.39 is 0 Å². The SMILES string of the molecule is c1ccc(-c2ccc(-c3cc4c(-c5ccc(-c6ccccc6)cc5)cc(-c5ccc(-c6ccnc7ccccc67)cc5)nc4c4ccccc34)cc2)cc1.c1ccc(-c2ccc(-c3cc4c(-c5ccc(-c6ccccc6)cc5)cc(-c5ccc(-c6ccncc6)cc5)nc4c4ccccc34)cc2)cc1. The summed E-state index contributed by atoms with van der Waals surface area (Å²) in [7, 11) is 0. The van der Waals surface area contributed by atoms with Crippen LogP contribution in [0.1, 0.15) is 0 Å². The summed E-state index contributed by atoms with van der Waals surface area (Å²) in [6.45, 7) is 0. The number of para-hydroxylation sites is 1. The summed E-state index contributed by atoms with van der Waals surface area (Å²) >= 11 is 0. The zero-order valence-electron chi connectivity index (χ0n) is 56.9. The molecule has 0 bridgehead atoms. The predicted molar refractivity (Wildman–Crippen MR) is 437 cm³/mol. The standard InChI is InChI=1S/C52H34N2.C48H32N2/c1-3-11-35(12-4-1)37-19-23-40(24-20-37)47-33-49-48(41-25-21-38(22-26-41)36-13-5-2-6-14-36)34-51(54-52(49)46-17-8-7-15-44(46)47)42-29-27-39(28-30-42)43-31-32-53-50-18-10-9-16-45(43)50;1-3-9-33(10-4-1)35-15-21-39(22-16-35)44-31-46-45(40-23-17-36(18-24-40)34-11-5-2-6-12-34)32-47(50-48(46)43-14-8-7-13-42(43)44)41-25-19-37(20-26-41)38-27-29-49-30-28-38/h1-34H;1-32H. The molecule has 0 aliphatic rings. The number of benzene rings is 15. The van der Waals surface area contributed by atoms with E-state index in [9.17, 15) is 0 Å². The second kappa shape index (κ2) is 27.7. The van der Waals surface area contributed by atoms with Crippen LogP contribution in [0.15, 0.2) is 401 Å². The van der Waals surface area contributed by atoms with Gasteiger partial charge in [-0.2, -0.15) is 0 Å². The first-order valence-electron chi connectivity index (χ1n) is 35.4. The van der Waals surface area contributed by atoms with E-state index in [-0.39, 0.29) is 0 Å². The lowest BCUT2D eigenvalue weighted by molar-refractivity contribution is 1.33. The van der Waals surface area contributed by atoms with Crippen LogP contribution in [0.2, 0.25) is 0 Å². The quantitative estimate of drug-likeness (QED) is 0.114. The van der Waals surface area contributed by atoms with Crippen molar-refractivity contribution in [3.8, 4) is 134 Å². The van der Waals surface area contributed by atoms with Gasteiger partial charge in [-0.25, -0.2) is 9.97 Å². The molecule has 104 heavy (non-hydrogen) atoms. The van der Waals surface area contributed by atoms with E-state index in [0.717, 1.165) is 105 Å². The summed E-state index contributed by atoms with van der Waals surface area (Å²) in [4.78, 5) is 19.6. The molecule has 0 atom stereocenters. The number of aromatic nitrogens is 4. The summed E-state index contributed by atoms with van der Waals surface area (Å²) in [5, 5.41) is 8.07. The third-order valence-corrected chi connectivity index (χ3v) is 20.2. The molecule has 0 spiro atoms. The van der Waals surface area contributed by atoms with Gasteiger partial charge in [-0.1, -0.05) is 334 Å². The summed E-state index contributed by atoms with van der Waals surface area (Å²) in [6.07, 6.45) is 5.56. The zero-order chi connectivity index (χ0) is 69.1. The molecule has 15 aromatic carbocycles. The smallest absolute Gasteiger partial charge is 0.0794 e. The number of nitrogens with zero attached hydrogens (tertiary/aromatic N) is 4. The van der Waals surface area contributed by atoms with E-state index in [1.807, 2.05) is 36.8 Å². The summed E-state index contributed by atoms with van der Waals surface area (Å²) in [6, 6.07) is 137. The number of rotatable bonds is 12. The summed E-state index contributed by atoms with van der Waals surface area (Å²) in [5.41, 5.74) is 30.7. The van der Waals surface area contributed by atoms with E-state index in [0.29, 0.717) is 0 Å². The number of hydrogen-bond donors (Lipinski definition) is 0. The maximum atomic E-state index is 5.46. The Kier molecular flexibility index (Phi) is 16.6. The molecule has 19 aromatic rings. The Labute approximate surface area is 604 Å². The predicted octanol–water partition coefficient (Wildman–Crippen LogP) is 26.7. The van der Waals surface area contributed by atoms with Gasteiger partial charge in [0.15, 0.2) is 0 Å². The average molecular weight is 1320 g/mol. The number of fused-ring (bicyclic) bond motifs is 7. The van der Waals surface area contributed by atoms with Crippen molar-refractivity contribution in [1.29, 1.82) is 0 Å². The van der Waals surface area contributed by atoms with E-state index in [1.165, 1.54) is 83.1 Å². The lowest BCUT2D eigenvalue weighted by Gasteiger charge is -2.16. The van der Waals surface area contributed by atoms with Gasteiger partial charge in [0.05, 0.1) is 27.9 Å². The van der Waals surface area contributed by atoms with E-state index in [4.69, 9.17) is 9.97 Å². The van der Waals surface area contributed by atoms with Gasteiger partial charge >= 0.3 is 0 Å². The van der Waals surface area contributed by atoms with E-state index >= 15 is 0 Å². The van der Waals surface area contributed by atoms with Crippen molar-refractivity contribution >= 4 is 54.3 Å². The molecule has 4 nitrogen and oxygen atoms in total. The Hall–Kier alpha value is -13.8. The average Bonchev–Trinajstić information content (AvgIpc) is 0.745. The Balaban J connectivity index is 0.000000149. The van der Waals surface area contributed by atoms with Gasteiger partial charge in [-0.15, -0.1) is 0 Å². The molecule has 0 amide bonds. The molecule has 0 saturated heterocycles. The molecule has 0 unspecified atom stereocenters. The maximum Gasteiger partial charge on any atom is 0.0794 e. The fourth-order valence-corrected chi connectivity index (χ4v) is 14.8. The first-order chi connectivity index (χ1) is 51.5. The highest BCUT2D eigenvalue weighted by atomic mass is 14.7. The van der Waals surface area contributed by atoms with Crippen LogP contribution in [-0.4, -0.2) is 19.9 Å². The minimum Gasteiger partial charge on any atom is -0.265 e. The van der Waals surface area contributed by atoms with Crippen LogP contribution >= 0.6 is 0 Å². The second-order valence-electron chi connectivity index (χ2n) is 26.4. The summed E-state index contributed by atoms with van der Waals surface area (Å²) < 4.78 is 0. The Morgan fingerprint density at radius 1 is 0.154 bits per heavy atom. The van der Waals surface area contributed by atoms with Gasteiger partial charge in [-0.3, -0.25) is 9.97 Å². The van der Waals surface area contributed by atoms with Crippen molar-refractivity contribution in [3.63, 3.8) is 0 Å². The third kappa shape index (κ3) is 12.3. The fraction of sp³-hybridized carbons (Fsp3) is 0. The third-order valence-electron chi connectivity index (χ3n) is 20.2. The van der Waals surface area contributed by atoms with Crippen LogP contribution in [0, 0.1) is 0 Å². The molecule has 19 rings (SSSR count). The Bertz CT molecular complexity index is 6290. The van der Waals surface area contributed by atoms with Crippen LogP contribution in [0.3, 0.4) is 0 Å². The Morgan fingerprint density at radius 3 is 0.769 bits per heavy atom. The van der Waals surface area contributed by atoms with E-state index in [2.05, 4.69) is 374 Å². The molecular formula is C100H66N4. The van der Waals surface area contributed by atoms with Crippen molar-refractivity contribution in [2.24, 2.45) is 0 Å². The first-order valence-corrected chi connectivity index (χ1v) is 35.4. The van der Waals surface area contributed by atoms with Crippen molar-refractivity contribution in [1.82, 2.24) is 19.9 Å². The van der Waals surface area contributed by atoms with Crippen molar-refractivity contribution in [3.05, 3.63) is 401 Å². The first kappa shape index (κ1) is 62.5. The van der Waals surface area contributed by atoms with Crippen molar-refractivity contribution < 1.29 is 0 Å². The van der Waals surface area contributed by atoms with Crippen LogP contribution in [-0.2, 0) is 0 Å². The molecule has 0 fully saturated rings. The van der Waals surface area contributed by atoms with Gasteiger partial charge in [-0.05, 0) is 171 Å². The Morgan fingerprint density at radius 2 is 0.413 bits per heavy atom. The van der Waals surface area contributed by atoms with E-state index in [1.54, 1.807) is 0 Å². The maximum absolute atomic E-state index is 5.46. The van der Waals surface area contributed by atoms with Gasteiger partial charge in [0.25, 0.3) is 0 Å². The molecule has 0 radical (unpaired) electrons. The van der Waals surface area contributed by atoms with Crippen LogP contribution in [0.5, 0.6) is 0 Å². The number of hydrogen-bond acceptors (Lipinski definition) is 4. The second-order valence-corrected chi connectivity index (χ2v) is 26.4. The highest BCUT2D eigenvalue weighted by Crippen LogP contribution is 2.44. The van der Waals surface area contributed by atoms with Gasteiger partial charge < -0.3 is 0 Å². The summed E-state index contributed by atoms with van der Waals surface area (Å²) in [5.74, 6) is 0. The topological polar surface area (TPSA) is 51.6 Å². The lowest BCUT2D eigenvalue weighted by Crippen LogP contribution is -1.94. The molecule has 0 aliphatic carbocycles. The monoisotopic (exact) mass is 1320 g/mol. The number of pyridine rings is 4. The minimum atomic E-state index is 0.945. The van der Waals surface area contributed by atoms with Crippen LogP contribution < -0.4 is 0 Å². The van der Waals surface area contributed by atoms with Crippen LogP contribution in [0.4, 0.5) is 0 Å². The normalized spacial score (nSPS) is 11.3. The minimum absolute atomic E-state index is 0.945. The fourth-order valence-electron chi connectivity index (χ4n) is 14.8. The molecule has 0 aliphatic heterocycles. The van der Waals surface area contributed by atoms with Gasteiger partial charge in [0, 0.05) is 56.6 Å². The molecule has 4 aromatic heterocycles. The van der Waals surface area contributed by atoms with Gasteiger partial charge in [0.1, 0.15) is 0 Å². The molecular weight excluding hydrogens is 1260 g/mol. The molecule has 4 heterocycles. The highest BCUT2D eigenvalue weighted by Gasteiger charge is 2.20. The van der Waals surface area contributed by atoms with Gasteiger partial charge in [0.2, 0.25) is 0 Å². The molecule has 486 valence electrons. The van der Waals surface area contributed by atoms with Crippen LogP contribution in [0.25, 0.3) is 188 Å². The lowest BCUT2D eigenvalue weighted by atomic mass is 9.90.